The Hall–Kier alpha value is -3.27. The lowest BCUT2D eigenvalue weighted by molar-refractivity contribution is -0.148. The summed E-state index contributed by atoms with van der Waals surface area (Å²) in [5, 5.41) is 15.9. The highest BCUT2D eigenvalue weighted by molar-refractivity contribution is 6.63. The molecule has 56 heavy (non-hydrogen) atoms. The number of pyridine rings is 1. The van der Waals surface area contributed by atoms with Crippen molar-refractivity contribution in [2.75, 3.05) is 25.8 Å². The summed E-state index contributed by atoms with van der Waals surface area (Å²) >= 11 is 6.35. The van der Waals surface area contributed by atoms with E-state index in [4.69, 9.17) is 35.5 Å². The fourth-order valence-electron chi connectivity index (χ4n) is 11.5. The Bertz CT molecular complexity index is 1870. The average Bonchev–Trinajstić information content (AvgIpc) is 3.73. The molecule has 0 bridgehead atoms. The molecule has 0 saturated heterocycles. The van der Waals surface area contributed by atoms with E-state index in [-0.39, 0.29) is 35.9 Å². The van der Waals surface area contributed by atoms with Crippen LogP contribution < -0.4 is 19.5 Å². The van der Waals surface area contributed by atoms with Gasteiger partial charge in [-0.2, -0.15) is 0 Å². The molecule has 0 radical (unpaired) electrons. The zero-order valence-corrected chi connectivity index (χ0v) is 36.4. The Kier molecular flexibility index (Phi) is 12.1. The first-order valence-corrected chi connectivity index (χ1v) is 23.1. The molecule has 0 amide bonds. The van der Waals surface area contributed by atoms with Crippen molar-refractivity contribution in [2.45, 2.75) is 139 Å². The van der Waals surface area contributed by atoms with Crippen LogP contribution in [-0.2, 0) is 21.4 Å². The Labute approximate surface area is 341 Å². The number of fused-ring (bicyclic) bond motifs is 4. The van der Waals surface area contributed by atoms with E-state index in [0.29, 0.717) is 47.0 Å². The van der Waals surface area contributed by atoms with Crippen LogP contribution in [0.5, 0.6) is 17.2 Å². The van der Waals surface area contributed by atoms with Crippen molar-refractivity contribution in [3.8, 4) is 17.2 Å². The van der Waals surface area contributed by atoms with Crippen molar-refractivity contribution in [3.63, 3.8) is 0 Å². The smallest absolute Gasteiger partial charge is 0.331 e. The SMILES string of the molecule is COC(=O)C1(Nc2cccc(Cl)c2)CCC2(CC1)c1cc3c(cc1C[C@@H]2C[C@@H](C)COc1ccnc2c1[C@H](C)CC(CC(C)[Si+](C(C)C)C(C)C)[C@H]2O)OCO3. The molecule has 10 heteroatoms. The fourth-order valence-corrected chi connectivity index (χ4v) is 15.9. The van der Waals surface area contributed by atoms with Crippen LogP contribution in [0.1, 0.15) is 128 Å². The van der Waals surface area contributed by atoms with E-state index in [2.05, 4.69) is 65.9 Å². The van der Waals surface area contributed by atoms with Gasteiger partial charge in [-0.15, -0.1) is 0 Å². The first kappa shape index (κ1) is 40.9. The van der Waals surface area contributed by atoms with Gasteiger partial charge < -0.3 is 29.4 Å². The second-order valence-corrected chi connectivity index (χ2v) is 22.9. The molecule has 8 nitrogen and oxygen atoms in total. The fraction of sp³-hybridized carbons (Fsp3) is 0.609. The summed E-state index contributed by atoms with van der Waals surface area (Å²) in [5.74, 6) is 3.31. The van der Waals surface area contributed by atoms with Crippen LogP contribution in [0.25, 0.3) is 0 Å². The topological polar surface area (TPSA) is 99.1 Å². The molecule has 7 rings (SSSR count). The number of nitrogens with zero attached hydrogens (tertiary/aromatic N) is 1. The third-order valence-corrected chi connectivity index (χ3v) is 18.1. The number of methoxy groups -OCH3 is 1. The largest absolute Gasteiger partial charge is 0.493 e. The van der Waals surface area contributed by atoms with Crippen LogP contribution in [0.2, 0.25) is 21.6 Å². The average molecular weight is 803 g/mol. The second-order valence-electron chi connectivity index (χ2n) is 18.2. The molecule has 3 aliphatic carbocycles. The Morgan fingerprint density at radius 2 is 1.73 bits per heavy atom. The quantitative estimate of drug-likeness (QED) is 0.130. The number of esters is 1. The molecule has 1 spiro atoms. The standard InChI is InChI=1S/C46H62ClN2O6Si/c1-27(2)56(28(3)4)31(7)20-33-19-30(6)41-38(12-17-48-42(41)43(33)50)53-25-29(5)18-34-21-32-22-39-40(55-26-54-39)24-37(32)45(34)13-15-46(16-14-45,44(51)52-8)49-36-11-9-10-35(47)23-36/h9-12,17,22-24,27-31,33-34,43,49-50H,13-16,18-21,25-26H2,1-8H3/q+1/t29-,30-,31?,33?,34+,43-,45?,46?/m1/s1. The van der Waals surface area contributed by atoms with Gasteiger partial charge in [-0.05, 0) is 163 Å². The van der Waals surface area contributed by atoms with Crippen LogP contribution in [0.3, 0.4) is 0 Å². The number of aromatic nitrogens is 1. The molecule has 302 valence electrons. The van der Waals surface area contributed by atoms with Crippen molar-refractivity contribution < 1.29 is 28.8 Å². The number of hydrogen-bond donors (Lipinski definition) is 2. The third kappa shape index (κ3) is 7.81. The summed E-state index contributed by atoms with van der Waals surface area (Å²) in [5.41, 5.74) is 6.39. The third-order valence-electron chi connectivity index (χ3n) is 13.8. The van der Waals surface area contributed by atoms with E-state index >= 15 is 0 Å². The molecule has 3 aromatic rings. The zero-order valence-electron chi connectivity index (χ0n) is 34.6. The Morgan fingerprint density at radius 3 is 2.41 bits per heavy atom. The molecule has 2 heterocycles. The second kappa shape index (κ2) is 16.5. The van der Waals surface area contributed by atoms with Crippen molar-refractivity contribution >= 4 is 32.1 Å². The lowest BCUT2D eigenvalue weighted by atomic mass is 9.59. The molecule has 6 atom stereocenters. The predicted octanol–water partition coefficient (Wildman–Crippen LogP) is 10.8. The summed E-state index contributed by atoms with van der Waals surface area (Å²) in [4.78, 5) is 18.3. The minimum absolute atomic E-state index is 0.134. The maximum absolute atomic E-state index is 13.6. The summed E-state index contributed by atoms with van der Waals surface area (Å²) in [6.07, 6.45) is 8.04. The van der Waals surface area contributed by atoms with Crippen molar-refractivity contribution in [1.29, 1.82) is 0 Å². The molecule has 1 aliphatic heterocycles. The maximum atomic E-state index is 13.6. The van der Waals surface area contributed by atoms with Crippen LogP contribution in [0, 0.1) is 17.8 Å². The first-order valence-electron chi connectivity index (χ1n) is 21.0. The Balaban J connectivity index is 1.08. The highest BCUT2D eigenvalue weighted by Crippen LogP contribution is 2.58. The van der Waals surface area contributed by atoms with E-state index in [1.54, 1.807) is 0 Å². The predicted molar refractivity (Wildman–Crippen MR) is 225 cm³/mol. The van der Waals surface area contributed by atoms with E-state index in [1.807, 2.05) is 36.5 Å². The summed E-state index contributed by atoms with van der Waals surface area (Å²) < 4.78 is 23.9. The number of hydrogen-bond acceptors (Lipinski definition) is 8. The van der Waals surface area contributed by atoms with Gasteiger partial charge in [-0.25, -0.2) is 4.79 Å². The monoisotopic (exact) mass is 801 g/mol. The van der Waals surface area contributed by atoms with E-state index in [9.17, 15) is 9.90 Å². The Morgan fingerprint density at radius 1 is 1.02 bits per heavy atom. The van der Waals surface area contributed by atoms with E-state index in [0.717, 1.165) is 72.7 Å². The molecule has 1 fully saturated rings. The maximum Gasteiger partial charge on any atom is 0.331 e. The van der Waals surface area contributed by atoms with Gasteiger partial charge in [0, 0.05) is 22.5 Å². The number of aliphatic hydroxyl groups is 1. The van der Waals surface area contributed by atoms with Crippen LogP contribution in [-0.4, -0.2) is 50.9 Å². The number of benzene rings is 2. The minimum atomic E-state index is -0.853. The molecular weight excluding hydrogens is 740 g/mol. The van der Waals surface area contributed by atoms with E-state index < -0.39 is 20.4 Å². The van der Waals surface area contributed by atoms with Crippen molar-refractivity contribution in [3.05, 3.63) is 76.1 Å². The molecule has 4 aliphatic rings. The van der Waals surface area contributed by atoms with Gasteiger partial charge in [-0.3, -0.25) is 4.98 Å². The first-order chi connectivity index (χ1) is 26.7. The number of aliphatic hydroxyl groups excluding tert-OH is 1. The molecule has 1 saturated carbocycles. The number of halogens is 1. The van der Waals surface area contributed by atoms with Crippen LogP contribution in [0.4, 0.5) is 5.69 Å². The van der Waals surface area contributed by atoms with E-state index in [1.165, 1.54) is 18.2 Å². The molecule has 1 aromatic heterocycles. The number of carbonyl (C=O) groups excluding carboxylic acids is 1. The van der Waals surface area contributed by atoms with Gasteiger partial charge in [-0.1, -0.05) is 31.5 Å². The van der Waals surface area contributed by atoms with Gasteiger partial charge in [0.1, 0.15) is 11.3 Å². The molecule has 2 N–H and O–H groups in total. The lowest BCUT2D eigenvalue weighted by Gasteiger charge is -2.47. The van der Waals surface area contributed by atoms with Gasteiger partial charge in [0.05, 0.1) is 42.1 Å². The number of rotatable bonds is 13. The molecule has 2 unspecified atom stereocenters. The van der Waals surface area contributed by atoms with Crippen LogP contribution in [0.15, 0.2) is 48.7 Å². The number of carbonyl (C=O) groups is 1. The summed E-state index contributed by atoms with van der Waals surface area (Å²) in [6, 6.07) is 13.9. The zero-order chi connectivity index (χ0) is 39.9. The molecular formula is C46H62ClN2O6Si+. The van der Waals surface area contributed by atoms with Gasteiger partial charge >= 0.3 is 14.8 Å². The van der Waals surface area contributed by atoms with Gasteiger partial charge in [0.2, 0.25) is 6.79 Å². The normalized spacial score (nSPS) is 27.5. The highest BCUT2D eigenvalue weighted by Gasteiger charge is 2.55. The minimum Gasteiger partial charge on any atom is -0.493 e. The van der Waals surface area contributed by atoms with Crippen molar-refractivity contribution in [2.24, 2.45) is 17.8 Å². The number of nitrogens with one attached hydrogen (secondary N) is 1. The lowest BCUT2D eigenvalue weighted by Crippen LogP contribution is -2.53. The van der Waals surface area contributed by atoms with Gasteiger partial charge in [0.15, 0.2) is 11.5 Å². The summed E-state index contributed by atoms with van der Waals surface area (Å²) in [6.45, 7) is 17.3. The number of anilines is 1. The highest BCUT2D eigenvalue weighted by atomic mass is 35.5. The molecule has 2 aromatic carbocycles. The number of ether oxygens (including phenoxy) is 4. The summed E-state index contributed by atoms with van der Waals surface area (Å²) in [7, 11) is 0.913. The van der Waals surface area contributed by atoms with Crippen LogP contribution >= 0.6 is 11.6 Å². The van der Waals surface area contributed by atoms with Crippen molar-refractivity contribution in [1.82, 2.24) is 4.98 Å². The van der Waals surface area contributed by atoms with Gasteiger partial charge in [0.25, 0.3) is 0 Å².